The number of hydrogen-bond donors (Lipinski definition) is 0. The molecule has 2 nitrogen and oxygen atoms in total. The fourth-order valence-corrected chi connectivity index (χ4v) is 3.22. The molecule has 0 aliphatic carbocycles. The van der Waals surface area contributed by atoms with Crippen LogP contribution in [0.2, 0.25) is 0 Å². The van der Waals surface area contributed by atoms with E-state index in [0.29, 0.717) is 0 Å². The monoisotopic (exact) mass is 367 g/mol. The van der Waals surface area contributed by atoms with Crippen molar-refractivity contribution >= 4 is 0 Å². The predicted octanol–water partition coefficient (Wildman–Crippen LogP) is 6.04. The molecule has 0 bridgehead atoms. The molecular formula is C23H23F2NO. The van der Waals surface area contributed by atoms with Gasteiger partial charge in [0.1, 0.15) is 6.61 Å². The molecule has 3 aromatic rings. The Morgan fingerprint density at radius 2 is 1.41 bits per heavy atom. The van der Waals surface area contributed by atoms with E-state index in [2.05, 4.69) is 32.0 Å². The lowest BCUT2D eigenvalue weighted by molar-refractivity contribution is 0.273. The van der Waals surface area contributed by atoms with E-state index in [0.717, 1.165) is 29.8 Å². The lowest BCUT2D eigenvalue weighted by Crippen LogP contribution is -2.04. The minimum absolute atomic E-state index is 0.0625. The molecule has 0 saturated heterocycles. The van der Waals surface area contributed by atoms with Gasteiger partial charge in [-0.15, -0.1) is 0 Å². The summed E-state index contributed by atoms with van der Waals surface area (Å²) >= 11 is 0. The van der Waals surface area contributed by atoms with E-state index in [1.807, 2.05) is 19.1 Å². The van der Waals surface area contributed by atoms with Crippen molar-refractivity contribution in [2.24, 2.45) is 0 Å². The van der Waals surface area contributed by atoms with Crippen LogP contribution in [0.5, 0.6) is 5.75 Å². The molecule has 2 aromatic carbocycles. The summed E-state index contributed by atoms with van der Waals surface area (Å²) in [5.41, 5.74) is 6.21. The van der Waals surface area contributed by atoms with Crippen LogP contribution < -0.4 is 4.74 Å². The molecule has 0 atom stereocenters. The highest BCUT2D eigenvalue weighted by Crippen LogP contribution is 2.29. The Kier molecular flexibility index (Phi) is 5.84. The Morgan fingerprint density at radius 1 is 0.815 bits per heavy atom. The van der Waals surface area contributed by atoms with Gasteiger partial charge in [0.25, 0.3) is 0 Å². The van der Waals surface area contributed by atoms with Crippen LogP contribution in [0, 0.1) is 18.6 Å². The smallest absolute Gasteiger partial charge is 0.191 e. The van der Waals surface area contributed by atoms with Crippen molar-refractivity contribution in [2.75, 3.05) is 0 Å². The summed E-state index contributed by atoms with van der Waals surface area (Å²) in [6.07, 6.45) is 1.86. The number of ether oxygens (including phenoxy) is 1. The summed E-state index contributed by atoms with van der Waals surface area (Å²) < 4.78 is 32.8. The second-order valence-corrected chi connectivity index (χ2v) is 6.44. The van der Waals surface area contributed by atoms with Crippen molar-refractivity contribution in [1.29, 1.82) is 0 Å². The van der Waals surface area contributed by atoms with Gasteiger partial charge in [-0.1, -0.05) is 44.2 Å². The molecule has 0 saturated carbocycles. The molecule has 0 aliphatic rings. The number of halogens is 2. The van der Waals surface area contributed by atoms with E-state index in [1.54, 1.807) is 0 Å². The summed E-state index contributed by atoms with van der Waals surface area (Å²) in [5, 5.41) is 0. The maximum absolute atomic E-state index is 13.7. The van der Waals surface area contributed by atoms with Gasteiger partial charge in [-0.25, -0.2) is 8.78 Å². The fraction of sp³-hybridized carbons (Fsp3) is 0.261. The van der Waals surface area contributed by atoms with Crippen molar-refractivity contribution in [1.82, 2.24) is 4.98 Å². The van der Waals surface area contributed by atoms with Crippen molar-refractivity contribution < 1.29 is 13.5 Å². The summed E-state index contributed by atoms with van der Waals surface area (Å²) in [7, 11) is 0. The van der Waals surface area contributed by atoms with E-state index in [9.17, 15) is 8.78 Å². The van der Waals surface area contributed by atoms with E-state index in [4.69, 9.17) is 9.72 Å². The summed E-state index contributed by atoms with van der Waals surface area (Å²) in [4.78, 5) is 4.75. The van der Waals surface area contributed by atoms with Gasteiger partial charge in [-0.05, 0) is 49.1 Å². The van der Waals surface area contributed by atoms with Gasteiger partial charge in [0.15, 0.2) is 17.4 Å². The van der Waals surface area contributed by atoms with Gasteiger partial charge in [0.05, 0.1) is 5.69 Å². The first-order chi connectivity index (χ1) is 13.0. The van der Waals surface area contributed by atoms with Crippen molar-refractivity contribution in [3.63, 3.8) is 0 Å². The number of benzene rings is 2. The van der Waals surface area contributed by atoms with Gasteiger partial charge in [-0.2, -0.15) is 0 Å². The van der Waals surface area contributed by atoms with Gasteiger partial charge in [0, 0.05) is 16.8 Å². The van der Waals surface area contributed by atoms with E-state index < -0.39 is 11.6 Å². The Labute approximate surface area is 158 Å². The lowest BCUT2D eigenvalue weighted by atomic mass is 9.94. The maximum Gasteiger partial charge on any atom is 0.191 e. The average molecular weight is 367 g/mol. The minimum Gasteiger partial charge on any atom is -0.483 e. The van der Waals surface area contributed by atoms with Gasteiger partial charge >= 0.3 is 0 Å². The Bertz CT molecular complexity index is 911. The second-order valence-electron chi connectivity index (χ2n) is 6.44. The number of hydrogen-bond acceptors (Lipinski definition) is 2. The van der Waals surface area contributed by atoms with Crippen LogP contribution in [0.15, 0.2) is 48.5 Å². The molecular weight excluding hydrogens is 344 g/mol. The molecule has 0 amide bonds. The molecule has 140 valence electrons. The SMILES string of the molecule is CCc1cccc(CC)c1-c1ccc(COc2c(F)cccc2F)c(C)n1. The van der Waals surface area contributed by atoms with Crippen LogP contribution in [-0.2, 0) is 19.4 Å². The minimum atomic E-state index is -0.707. The zero-order valence-corrected chi connectivity index (χ0v) is 15.9. The molecule has 0 aliphatic heterocycles. The molecule has 0 unspecified atom stereocenters. The summed E-state index contributed by atoms with van der Waals surface area (Å²) in [5.74, 6) is -1.77. The molecule has 3 rings (SSSR count). The van der Waals surface area contributed by atoms with Gasteiger partial charge in [-0.3, -0.25) is 4.98 Å². The van der Waals surface area contributed by atoms with Crippen molar-refractivity contribution in [3.05, 3.63) is 82.5 Å². The number of para-hydroxylation sites is 1. The quantitative estimate of drug-likeness (QED) is 0.530. The number of rotatable bonds is 6. The van der Waals surface area contributed by atoms with Crippen LogP contribution in [0.1, 0.15) is 36.2 Å². The number of aromatic nitrogens is 1. The number of nitrogens with zero attached hydrogens (tertiary/aromatic N) is 1. The molecule has 0 fully saturated rings. The third-order valence-electron chi connectivity index (χ3n) is 4.74. The molecule has 1 aromatic heterocycles. The average Bonchev–Trinajstić information content (AvgIpc) is 2.67. The third kappa shape index (κ3) is 4.00. The molecule has 0 spiro atoms. The zero-order valence-electron chi connectivity index (χ0n) is 15.9. The first-order valence-electron chi connectivity index (χ1n) is 9.19. The molecule has 4 heteroatoms. The standard InChI is InChI=1S/C23H23F2NO/c1-4-16-8-6-9-17(5-2)22(16)21-13-12-18(15(3)26-21)14-27-23-19(24)10-7-11-20(23)25/h6-13H,4-5,14H2,1-3H3. The van der Waals surface area contributed by atoms with Gasteiger partial charge < -0.3 is 4.74 Å². The fourth-order valence-electron chi connectivity index (χ4n) is 3.22. The number of pyridine rings is 1. The van der Waals surface area contributed by atoms with E-state index in [1.165, 1.54) is 34.9 Å². The predicted molar refractivity (Wildman–Crippen MR) is 104 cm³/mol. The van der Waals surface area contributed by atoms with Crippen LogP contribution in [0.25, 0.3) is 11.3 Å². The second kappa shape index (κ2) is 8.30. The van der Waals surface area contributed by atoms with E-state index >= 15 is 0 Å². The Balaban J connectivity index is 1.89. The number of aryl methyl sites for hydroxylation is 3. The topological polar surface area (TPSA) is 22.1 Å². The Hall–Kier alpha value is -2.75. The largest absolute Gasteiger partial charge is 0.483 e. The third-order valence-corrected chi connectivity index (χ3v) is 4.74. The van der Waals surface area contributed by atoms with Gasteiger partial charge in [0.2, 0.25) is 0 Å². The molecule has 0 radical (unpaired) electrons. The van der Waals surface area contributed by atoms with Crippen LogP contribution in [0.4, 0.5) is 8.78 Å². The Morgan fingerprint density at radius 3 is 1.96 bits per heavy atom. The highest BCUT2D eigenvalue weighted by atomic mass is 19.1. The molecule has 0 N–H and O–H groups in total. The highest BCUT2D eigenvalue weighted by Gasteiger charge is 2.14. The lowest BCUT2D eigenvalue weighted by Gasteiger charge is -2.15. The van der Waals surface area contributed by atoms with Crippen molar-refractivity contribution in [2.45, 2.75) is 40.2 Å². The highest BCUT2D eigenvalue weighted by molar-refractivity contribution is 5.68. The zero-order chi connectivity index (χ0) is 19.4. The maximum atomic E-state index is 13.7. The summed E-state index contributed by atoms with van der Waals surface area (Å²) in [6.45, 7) is 6.22. The first kappa shape index (κ1) is 19.0. The first-order valence-corrected chi connectivity index (χ1v) is 9.19. The van der Waals surface area contributed by atoms with Crippen LogP contribution in [-0.4, -0.2) is 4.98 Å². The van der Waals surface area contributed by atoms with Crippen LogP contribution in [0.3, 0.4) is 0 Å². The van der Waals surface area contributed by atoms with Crippen LogP contribution >= 0.6 is 0 Å². The van der Waals surface area contributed by atoms with Crippen molar-refractivity contribution in [3.8, 4) is 17.0 Å². The normalized spacial score (nSPS) is 10.9. The molecule has 27 heavy (non-hydrogen) atoms. The van der Waals surface area contributed by atoms with E-state index in [-0.39, 0.29) is 12.4 Å². The molecule has 1 heterocycles. The summed E-state index contributed by atoms with van der Waals surface area (Å²) in [6, 6.07) is 13.9.